The molecule has 0 aromatic carbocycles. The predicted molar refractivity (Wildman–Crippen MR) is 72.7 cm³/mol. The molecule has 108 valence electrons. The molecule has 0 radical (unpaired) electrons. The second-order valence-corrected chi connectivity index (χ2v) is 5.57. The summed E-state index contributed by atoms with van der Waals surface area (Å²) in [4.78, 5) is 12.9. The van der Waals surface area contributed by atoms with Crippen LogP contribution in [0.2, 0.25) is 0 Å². The van der Waals surface area contributed by atoms with Crippen molar-refractivity contribution in [3.63, 3.8) is 0 Å². The van der Waals surface area contributed by atoms with Gasteiger partial charge in [-0.05, 0) is 20.8 Å². The maximum Gasteiger partial charge on any atom is 0.315 e. The maximum absolute atomic E-state index is 11.4. The lowest BCUT2D eigenvalue weighted by Crippen LogP contribution is -2.35. The maximum atomic E-state index is 11.4. The average Bonchev–Trinajstić information content (AvgIpc) is 2.73. The van der Waals surface area contributed by atoms with Gasteiger partial charge in [-0.25, -0.2) is 0 Å². The van der Waals surface area contributed by atoms with Gasteiger partial charge in [0.2, 0.25) is 11.8 Å². The number of carbonyl (C=O) groups is 1. The van der Waals surface area contributed by atoms with Crippen molar-refractivity contribution in [1.82, 2.24) is 20.4 Å². The van der Waals surface area contributed by atoms with Gasteiger partial charge in [-0.1, -0.05) is 5.10 Å². The van der Waals surface area contributed by atoms with Crippen LogP contribution < -0.4 is 10.6 Å². The Morgan fingerprint density at radius 1 is 1.32 bits per heavy atom. The summed E-state index contributed by atoms with van der Waals surface area (Å²) in [7, 11) is 3.45. The number of carbonyl (C=O) groups excluding carboxylic acids is 1. The van der Waals surface area contributed by atoms with Crippen LogP contribution in [0.3, 0.4) is 0 Å². The van der Waals surface area contributed by atoms with E-state index in [1.54, 1.807) is 19.0 Å². The van der Waals surface area contributed by atoms with Crippen LogP contribution in [0.5, 0.6) is 0 Å². The minimum atomic E-state index is 0.000190. The molecule has 0 aliphatic carbocycles. The second-order valence-electron chi connectivity index (χ2n) is 5.57. The third-order valence-corrected chi connectivity index (χ3v) is 2.35. The topological polar surface area (TPSA) is 83.3 Å². The second kappa shape index (κ2) is 6.51. The van der Waals surface area contributed by atoms with E-state index in [0.29, 0.717) is 31.4 Å². The molecule has 0 atom stereocenters. The molecule has 1 aromatic heterocycles. The third-order valence-electron chi connectivity index (χ3n) is 2.35. The van der Waals surface area contributed by atoms with E-state index in [-0.39, 0.29) is 11.4 Å². The molecule has 7 nitrogen and oxygen atoms in total. The van der Waals surface area contributed by atoms with Crippen LogP contribution in [0, 0.1) is 0 Å². The van der Waals surface area contributed by atoms with E-state index in [9.17, 15) is 4.79 Å². The fraction of sp³-hybridized carbons (Fsp3) is 0.750. The van der Waals surface area contributed by atoms with Crippen molar-refractivity contribution in [3.8, 4) is 0 Å². The van der Waals surface area contributed by atoms with Crippen LogP contribution in [0.4, 0.5) is 6.01 Å². The van der Waals surface area contributed by atoms with E-state index < -0.39 is 0 Å². The third kappa shape index (κ3) is 6.19. The summed E-state index contributed by atoms with van der Waals surface area (Å²) >= 11 is 0. The quantitative estimate of drug-likeness (QED) is 0.796. The van der Waals surface area contributed by atoms with Crippen LogP contribution in [-0.2, 0) is 11.3 Å². The standard InChI is InChI=1S/C12H23N5O2/c1-12(2,3)14-8-9-15-16-11(19-9)13-7-6-10(18)17(4)5/h14H,6-8H2,1-5H3,(H,13,16). The van der Waals surface area contributed by atoms with E-state index in [2.05, 4.69) is 41.6 Å². The molecule has 0 bridgehead atoms. The SMILES string of the molecule is CN(C)C(=O)CCNc1nnc(CNC(C)(C)C)o1. The summed E-state index contributed by atoms with van der Waals surface area (Å²) in [6.45, 7) is 7.19. The zero-order chi connectivity index (χ0) is 14.5. The van der Waals surface area contributed by atoms with Gasteiger partial charge in [0.1, 0.15) is 0 Å². The minimum absolute atomic E-state index is 0.000190. The van der Waals surface area contributed by atoms with E-state index in [0.717, 1.165) is 0 Å². The van der Waals surface area contributed by atoms with Gasteiger partial charge >= 0.3 is 6.01 Å². The molecule has 7 heteroatoms. The normalized spacial score (nSPS) is 11.4. The number of amides is 1. The zero-order valence-corrected chi connectivity index (χ0v) is 12.3. The molecule has 1 rings (SSSR count). The van der Waals surface area contributed by atoms with Crippen molar-refractivity contribution in [2.45, 2.75) is 39.3 Å². The van der Waals surface area contributed by atoms with Crippen LogP contribution >= 0.6 is 0 Å². The van der Waals surface area contributed by atoms with E-state index in [1.807, 2.05) is 0 Å². The van der Waals surface area contributed by atoms with E-state index >= 15 is 0 Å². The van der Waals surface area contributed by atoms with Crippen molar-refractivity contribution >= 4 is 11.9 Å². The summed E-state index contributed by atoms with van der Waals surface area (Å²) in [5.41, 5.74) is 0.000190. The van der Waals surface area contributed by atoms with Crippen molar-refractivity contribution in [2.75, 3.05) is 26.0 Å². The molecule has 0 saturated heterocycles. The first-order chi connectivity index (χ1) is 8.78. The Hall–Kier alpha value is -1.63. The Kier molecular flexibility index (Phi) is 5.29. The molecule has 2 N–H and O–H groups in total. The Labute approximate surface area is 113 Å². The van der Waals surface area contributed by atoms with Crippen LogP contribution in [-0.4, -0.2) is 47.2 Å². The monoisotopic (exact) mass is 269 g/mol. The smallest absolute Gasteiger partial charge is 0.315 e. The Bertz CT molecular complexity index is 408. The van der Waals surface area contributed by atoms with E-state index in [4.69, 9.17) is 4.42 Å². The van der Waals surface area contributed by atoms with Crippen LogP contribution in [0.25, 0.3) is 0 Å². The highest BCUT2D eigenvalue weighted by molar-refractivity contribution is 5.75. The van der Waals surface area contributed by atoms with Gasteiger partial charge in [-0.3, -0.25) is 4.79 Å². The highest BCUT2D eigenvalue weighted by atomic mass is 16.4. The molecule has 1 heterocycles. The first kappa shape index (κ1) is 15.4. The summed E-state index contributed by atoms with van der Waals surface area (Å²) in [6, 6.07) is 0.345. The number of nitrogens with one attached hydrogen (secondary N) is 2. The fourth-order valence-corrected chi connectivity index (χ4v) is 1.24. The van der Waals surface area contributed by atoms with Gasteiger partial charge in [0, 0.05) is 32.6 Å². The molecule has 0 fully saturated rings. The summed E-state index contributed by atoms with van der Waals surface area (Å²) < 4.78 is 5.40. The lowest BCUT2D eigenvalue weighted by molar-refractivity contribution is -0.128. The molecule has 19 heavy (non-hydrogen) atoms. The molecular formula is C12H23N5O2. The van der Waals surface area contributed by atoms with Crippen LogP contribution in [0.15, 0.2) is 4.42 Å². The fourth-order valence-electron chi connectivity index (χ4n) is 1.24. The number of nitrogens with zero attached hydrogens (tertiary/aromatic N) is 3. The van der Waals surface area contributed by atoms with Crippen molar-refractivity contribution < 1.29 is 9.21 Å². The molecule has 0 saturated carbocycles. The Balaban J connectivity index is 2.33. The molecule has 0 aliphatic rings. The van der Waals surface area contributed by atoms with Gasteiger partial charge in [0.05, 0.1) is 6.54 Å². The Morgan fingerprint density at radius 3 is 2.58 bits per heavy atom. The zero-order valence-electron chi connectivity index (χ0n) is 12.3. The highest BCUT2D eigenvalue weighted by Crippen LogP contribution is 2.07. The number of anilines is 1. The predicted octanol–water partition coefficient (Wildman–Crippen LogP) is 0.848. The number of hydrogen-bond acceptors (Lipinski definition) is 6. The average molecular weight is 269 g/mol. The summed E-state index contributed by atoms with van der Waals surface area (Å²) in [6.07, 6.45) is 0.394. The summed E-state index contributed by atoms with van der Waals surface area (Å²) in [5, 5.41) is 14.0. The highest BCUT2D eigenvalue weighted by Gasteiger charge is 2.12. The van der Waals surface area contributed by atoms with Crippen molar-refractivity contribution in [3.05, 3.63) is 5.89 Å². The van der Waals surface area contributed by atoms with Gasteiger partial charge < -0.3 is 20.0 Å². The molecule has 1 amide bonds. The number of aromatic nitrogens is 2. The largest absolute Gasteiger partial charge is 0.407 e. The van der Waals surface area contributed by atoms with E-state index in [1.165, 1.54) is 0 Å². The van der Waals surface area contributed by atoms with Gasteiger partial charge in [0.15, 0.2) is 0 Å². The lowest BCUT2D eigenvalue weighted by atomic mass is 10.1. The van der Waals surface area contributed by atoms with Gasteiger partial charge in [-0.2, -0.15) is 0 Å². The Morgan fingerprint density at radius 2 is 2.00 bits per heavy atom. The van der Waals surface area contributed by atoms with Crippen LogP contribution in [0.1, 0.15) is 33.1 Å². The first-order valence-electron chi connectivity index (χ1n) is 6.29. The number of rotatable bonds is 6. The van der Waals surface area contributed by atoms with Gasteiger partial charge in [0.25, 0.3) is 0 Å². The van der Waals surface area contributed by atoms with Crippen molar-refractivity contribution in [2.24, 2.45) is 0 Å². The summed E-state index contributed by atoms with van der Waals surface area (Å²) in [5.74, 6) is 0.581. The minimum Gasteiger partial charge on any atom is -0.407 e. The molecule has 1 aromatic rings. The molecule has 0 unspecified atom stereocenters. The van der Waals surface area contributed by atoms with Crippen molar-refractivity contribution in [1.29, 1.82) is 0 Å². The van der Waals surface area contributed by atoms with Gasteiger partial charge in [-0.15, -0.1) is 5.10 Å². The first-order valence-corrected chi connectivity index (χ1v) is 6.29. The lowest BCUT2D eigenvalue weighted by Gasteiger charge is -2.18. The molecule has 0 aliphatic heterocycles. The molecule has 0 spiro atoms. The molecular weight excluding hydrogens is 246 g/mol. The number of hydrogen-bond donors (Lipinski definition) is 2.